The van der Waals surface area contributed by atoms with Crippen molar-refractivity contribution in [3.8, 4) is 0 Å². The van der Waals surface area contributed by atoms with Gasteiger partial charge in [-0.3, -0.25) is 19.2 Å². The van der Waals surface area contributed by atoms with E-state index >= 15 is 0 Å². The maximum atomic E-state index is 12.9. The van der Waals surface area contributed by atoms with Crippen molar-refractivity contribution in [2.24, 2.45) is 7.05 Å². The molecule has 1 aromatic heterocycles. The second kappa shape index (κ2) is 4.73. The minimum absolute atomic E-state index is 0.00690. The Bertz CT molecular complexity index is 695. The van der Waals surface area contributed by atoms with Gasteiger partial charge >= 0.3 is 0 Å². The van der Waals surface area contributed by atoms with Crippen molar-refractivity contribution in [2.75, 3.05) is 11.4 Å². The number of aryl methyl sites for hydroxylation is 1. The first kappa shape index (κ1) is 13.4. The van der Waals surface area contributed by atoms with Crippen LogP contribution in [0.15, 0.2) is 42.7 Å². The smallest absolute Gasteiger partial charge is 0.257 e. The lowest BCUT2D eigenvalue weighted by molar-refractivity contribution is -0.135. The van der Waals surface area contributed by atoms with Crippen molar-refractivity contribution >= 4 is 17.5 Å². The maximum absolute atomic E-state index is 12.9. The number of amides is 2. The van der Waals surface area contributed by atoms with Crippen LogP contribution in [0.2, 0.25) is 0 Å². The average molecular weight is 284 g/mol. The van der Waals surface area contributed by atoms with E-state index in [4.69, 9.17) is 0 Å². The highest BCUT2D eigenvalue weighted by Gasteiger charge is 2.45. The molecule has 2 aromatic rings. The summed E-state index contributed by atoms with van der Waals surface area (Å²) in [4.78, 5) is 26.4. The highest BCUT2D eigenvalue weighted by Crippen LogP contribution is 2.29. The number of nitrogens with zero attached hydrogens (tertiary/aromatic N) is 3. The number of hydrogen-bond donors (Lipinski definition) is 1. The van der Waals surface area contributed by atoms with Crippen molar-refractivity contribution in [3.05, 3.63) is 48.3 Å². The number of carbonyl (C=O) groups is 2. The number of nitrogens with one attached hydrogen (secondary N) is 1. The van der Waals surface area contributed by atoms with Crippen molar-refractivity contribution in [1.82, 2.24) is 15.1 Å². The third-order valence-electron chi connectivity index (χ3n) is 3.72. The molecule has 0 bridgehead atoms. The van der Waals surface area contributed by atoms with E-state index in [2.05, 4.69) is 10.4 Å². The van der Waals surface area contributed by atoms with Crippen molar-refractivity contribution in [3.63, 3.8) is 0 Å². The minimum atomic E-state index is -1.06. The van der Waals surface area contributed by atoms with E-state index in [1.54, 1.807) is 31.0 Å². The number of hydrogen-bond acceptors (Lipinski definition) is 3. The molecule has 1 aliphatic rings. The summed E-state index contributed by atoms with van der Waals surface area (Å²) in [6.07, 6.45) is 3.31. The van der Waals surface area contributed by atoms with Crippen LogP contribution in [-0.4, -0.2) is 28.1 Å². The van der Waals surface area contributed by atoms with Gasteiger partial charge in [-0.1, -0.05) is 30.3 Å². The molecule has 21 heavy (non-hydrogen) atoms. The van der Waals surface area contributed by atoms with Crippen LogP contribution in [0.25, 0.3) is 0 Å². The summed E-state index contributed by atoms with van der Waals surface area (Å²) in [6.45, 7) is 1.73. The number of rotatable bonds is 2. The fraction of sp³-hybridized carbons (Fsp3) is 0.267. The summed E-state index contributed by atoms with van der Waals surface area (Å²) in [5, 5.41) is 6.87. The van der Waals surface area contributed by atoms with Crippen LogP contribution in [0.4, 0.5) is 5.69 Å². The number of carbonyl (C=O) groups excluding carboxylic acids is 2. The topological polar surface area (TPSA) is 67.2 Å². The molecule has 0 radical (unpaired) electrons. The SMILES string of the molecule is Cn1cc(N2CC(=O)NC(C)(c3ccccc3)C2=O)cn1. The van der Waals surface area contributed by atoms with E-state index in [0.29, 0.717) is 5.69 Å². The second-order valence-corrected chi connectivity index (χ2v) is 5.30. The first-order chi connectivity index (χ1) is 10.0. The van der Waals surface area contributed by atoms with Gasteiger partial charge in [0.05, 0.1) is 11.9 Å². The van der Waals surface area contributed by atoms with Gasteiger partial charge in [0.25, 0.3) is 5.91 Å². The lowest BCUT2D eigenvalue weighted by Crippen LogP contribution is -2.63. The molecule has 2 amide bonds. The quantitative estimate of drug-likeness (QED) is 0.887. The molecule has 1 fully saturated rings. The summed E-state index contributed by atoms with van der Waals surface area (Å²) in [5.74, 6) is -0.355. The number of aromatic nitrogens is 2. The Hall–Kier alpha value is -2.63. The third kappa shape index (κ3) is 2.18. The number of benzene rings is 1. The Morgan fingerprint density at radius 3 is 2.57 bits per heavy atom. The zero-order chi connectivity index (χ0) is 15.0. The largest absolute Gasteiger partial charge is 0.337 e. The highest BCUT2D eigenvalue weighted by molar-refractivity contribution is 6.09. The number of anilines is 1. The highest BCUT2D eigenvalue weighted by atomic mass is 16.2. The van der Waals surface area contributed by atoms with Crippen LogP contribution in [0, 0.1) is 0 Å². The minimum Gasteiger partial charge on any atom is -0.337 e. The van der Waals surface area contributed by atoms with Crippen LogP contribution in [0.3, 0.4) is 0 Å². The molecule has 0 spiro atoms. The molecular weight excluding hydrogens is 268 g/mol. The Labute approximate surface area is 122 Å². The molecule has 3 rings (SSSR count). The summed E-state index contributed by atoms with van der Waals surface area (Å²) in [5.41, 5.74) is 0.323. The first-order valence-electron chi connectivity index (χ1n) is 6.68. The van der Waals surface area contributed by atoms with Crippen LogP contribution >= 0.6 is 0 Å². The normalized spacial score (nSPS) is 22.3. The molecule has 2 heterocycles. The maximum Gasteiger partial charge on any atom is 0.257 e. The predicted molar refractivity (Wildman–Crippen MR) is 77.5 cm³/mol. The average Bonchev–Trinajstić information content (AvgIpc) is 2.90. The van der Waals surface area contributed by atoms with E-state index in [1.165, 1.54) is 4.90 Å². The fourth-order valence-electron chi connectivity index (χ4n) is 2.58. The standard InChI is InChI=1S/C15H16N4O2/c1-15(11-6-4-3-5-7-11)14(21)19(10-13(20)17-15)12-8-16-18(2)9-12/h3-9H,10H2,1-2H3,(H,17,20). The molecule has 1 aliphatic heterocycles. The Kier molecular flexibility index (Phi) is 3.01. The molecule has 1 unspecified atom stereocenters. The van der Waals surface area contributed by atoms with E-state index in [1.807, 2.05) is 30.3 Å². The van der Waals surface area contributed by atoms with Gasteiger partial charge in [0.15, 0.2) is 0 Å². The van der Waals surface area contributed by atoms with Crippen LogP contribution in [-0.2, 0) is 22.2 Å². The summed E-state index contributed by atoms with van der Waals surface area (Å²) in [6, 6.07) is 9.25. The molecule has 0 aliphatic carbocycles. The van der Waals surface area contributed by atoms with Crippen molar-refractivity contribution in [1.29, 1.82) is 0 Å². The fourth-order valence-corrected chi connectivity index (χ4v) is 2.58. The van der Waals surface area contributed by atoms with Gasteiger partial charge < -0.3 is 5.32 Å². The molecular formula is C15H16N4O2. The second-order valence-electron chi connectivity index (χ2n) is 5.30. The molecule has 1 atom stereocenters. The monoisotopic (exact) mass is 284 g/mol. The summed E-state index contributed by atoms with van der Waals surface area (Å²) >= 11 is 0. The Balaban J connectivity index is 2.03. The van der Waals surface area contributed by atoms with Gasteiger partial charge in [-0.05, 0) is 12.5 Å². The Morgan fingerprint density at radius 2 is 1.95 bits per heavy atom. The van der Waals surface area contributed by atoms with Gasteiger partial charge in [0.2, 0.25) is 5.91 Å². The van der Waals surface area contributed by atoms with E-state index in [9.17, 15) is 9.59 Å². The number of piperazine rings is 1. The zero-order valence-corrected chi connectivity index (χ0v) is 11.9. The predicted octanol–water partition coefficient (Wildman–Crippen LogP) is 0.798. The third-order valence-corrected chi connectivity index (χ3v) is 3.72. The lowest BCUT2D eigenvalue weighted by atomic mass is 9.88. The molecule has 1 aromatic carbocycles. The molecule has 6 nitrogen and oxygen atoms in total. The van der Waals surface area contributed by atoms with Gasteiger partial charge in [-0.2, -0.15) is 5.10 Å². The van der Waals surface area contributed by atoms with Gasteiger partial charge in [-0.15, -0.1) is 0 Å². The van der Waals surface area contributed by atoms with Gasteiger partial charge in [-0.25, -0.2) is 0 Å². The lowest BCUT2D eigenvalue weighted by Gasteiger charge is -2.39. The Morgan fingerprint density at radius 1 is 1.24 bits per heavy atom. The van der Waals surface area contributed by atoms with Crippen molar-refractivity contribution < 1.29 is 9.59 Å². The van der Waals surface area contributed by atoms with Gasteiger partial charge in [0.1, 0.15) is 12.1 Å². The van der Waals surface area contributed by atoms with Crippen LogP contribution in [0.5, 0.6) is 0 Å². The molecule has 1 saturated heterocycles. The molecule has 108 valence electrons. The molecule has 6 heteroatoms. The van der Waals surface area contributed by atoms with E-state index in [-0.39, 0.29) is 18.4 Å². The van der Waals surface area contributed by atoms with Gasteiger partial charge in [0, 0.05) is 13.2 Å². The van der Waals surface area contributed by atoms with Crippen LogP contribution < -0.4 is 10.2 Å². The molecule has 1 N–H and O–H groups in total. The van der Waals surface area contributed by atoms with Crippen LogP contribution in [0.1, 0.15) is 12.5 Å². The summed E-state index contributed by atoms with van der Waals surface area (Å²) in [7, 11) is 1.77. The zero-order valence-electron chi connectivity index (χ0n) is 11.9. The van der Waals surface area contributed by atoms with Crippen molar-refractivity contribution in [2.45, 2.75) is 12.5 Å². The van der Waals surface area contributed by atoms with E-state index < -0.39 is 5.54 Å². The molecule has 0 saturated carbocycles. The summed E-state index contributed by atoms with van der Waals surface area (Å²) < 4.78 is 1.61. The van der Waals surface area contributed by atoms with E-state index in [0.717, 1.165) is 5.56 Å². The first-order valence-corrected chi connectivity index (χ1v) is 6.68.